The van der Waals surface area contributed by atoms with Gasteiger partial charge in [-0.05, 0) is 0 Å². The Bertz CT molecular complexity index is 218. The van der Waals surface area contributed by atoms with Crippen LogP contribution in [0.3, 0.4) is 0 Å². The van der Waals surface area contributed by atoms with Gasteiger partial charge < -0.3 is 15.8 Å². The molecule has 0 aromatic carbocycles. The molecule has 1 aliphatic rings. The predicted octanol–water partition coefficient (Wildman–Crippen LogP) is 0.953. The van der Waals surface area contributed by atoms with Crippen LogP contribution in [0.1, 0.15) is 12.8 Å². The van der Waals surface area contributed by atoms with Gasteiger partial charge in [0.2, 0.25) is 0 Å². The summed E-state index contributed by atoms with van der Waals surface area (Å²) in [4.78, 5) is 3.90. The minimum Gasteiger partial charge on any atom is -0.383 e. The lowest BCUT2D eigenvalue weighted by atomic mass is 9.88. The Hall–Kier alpha value is -0.180. The number of guanidine groups is 1. The first-order valence-electron chi connectivity index (χ1n) is 4.47. The monoisotopic (exact) mass is 335 g/mol. The van der Waals surface area contributed by atoms with Crippen molar-refractivity contribution in [3.05, 3.63) is 0 Å². The van der Waals surface area contributed by atoms with Crippen LogP contribution in [0, 0.1) is 0 Å². The molecule has 4 nitrogen and oxygen atoms in total. The summed E-state index contributed by atoms with van der Waals surface area (Å²) in [5.41, 5.74) is 5.45. The summed E-state index contributed by atoms with van der Waals surface area (Å²) in [5.74, 6) is -2.31. The first-order valence-corrected chi connectivity index (χ1v) is 4.47. The number of hydrogen-bond donors (Lipinski definition) is 2. The van der Waals surface area contributed by atoms with Gasteiger partial charge in [-0.25, -0.2) is 8.78 Å². The van der Waals surface area contributed by atoms with Gasteiger partial charge >= 0.3 is 0 Å². The fraction of sp³-hybridized carbons (Fsp3) is 0.875. The molecule has 1 rings (SSSR count). The summed E-state index contributed by atoms with van der Waals surface area (Å²) >= 11 is 0. The van der Waals surface area contributed by atoms with Crippen molar-refractivity contribution in [2.75, 3.05) is 20.3 Å². The molecule has 1 saturated carbocycles. The van der Waals surface area contributed by atoms with Crippen molar-refractivity contribution in [1.29, 1.82) is 0 Å². The highest BCUT2D eigenvalue weighted by atomic mass is 127. The van der Waals surface area contributed by atoms with Gasteiger partial charge in [-0.1, -0.05) is 0 Å². The molecule has 0 aromatic rings. The fourth-order valence-corrected chi connectivity index (χ4v) is 1.28. The van der Waals surface area contributed by atoms with Gasteiger partial charge in [0.25, 0.3) is 5.92 Å². The van der Waals surface area contributed by atoms with E-state index in [0.717, 1.165) is 0 Å². The molecule has 3 N–H and O–H groups in total. The smallest absolute Gasteiger partial charge is 0.252 e. The maximum Gasteiger partial charge on any atom is 0.252 e. The standard InChI is InChI=1S/C8H15F2N3O.HI/c1-14-3-2-12-7(11)13-6-4-8(9,10)5-6;/h6H,2-5H2,1H3,(H3,11,12,13);1H. The van der Waals surface area contributed by atoms with Crippen LogP contribution in [0.4, 0.5) is 8.78 Å². The molecule has 1 aliphatic carbocycles. The van der Waals surface area contributed by atoms with Crippen LogP contribution in [0.5, 0.6) is 0 Å². The second kappa shape index (κ2) is 6.41. The number of nitrogens with two attached hydrogens (primary N) is 1. The van der Waals surface area contributed by atoms with E-state index in [1.807, 2.05) is 0 Å². The van der Waals surface area contributed by atoms with E-state index in [4.69, 9.17) is 10.5 Å². The Labute approximate surface area is 105 Å². The first kappa shape index (κ1) is 14.8. The van der Waals surface area contributed by atoms with Crippen molar-refractivity contribution in [2.45, 2.75) is 24.8 Å². The van der Waals surface area contributed by atoms with Crippen LogP contribution < -0.4 is 11.1 Å². The average molecular weight is 335 g/mol. The number of hydrogen-bond acceptors (Lipinski definition) is 2. The Morgan fingerprint density at radius 1 is 1.60 bits per heavy atom. The van der Waals surface area contributed by atoms with Crippen LogP contribution in [0.15, 0.2) is 4.99 Å². The number of ether oxygens (including phenoxy) is 1. The summed E-state index contributed by atoms with van der Waals surface area (Å²) in [5, 5.41) is 2.72. The number of nitrogens with zero attached hydrogens (tertiary/aromatic N) is 1. The van der Waals surface area contributed by atoms with E-state index in [0.29, 0.717) is 13.2 Å². The third-order valence-corrected chi connectivity index (χ3v) is 2.02. The van der Waals surface area contributed by atoms with Gasteiger partial charge in [0.15, 0.2) is 5.96 Å². The van der Waals surface area contributed by atoms with Gasteiger partial charge in [-0.2, -0.15) is 0 Å². The number of methoxy groups -OCH3 is 1. The van der Waals surface area contributed by atoms with Gasteiger partial charge in [0, 0.05) is 26.0 Å². The first-order chi connectivity index (χ1) is 6.53. The van der Waals surface area contributed by atoms with Crippen molar-refractivity contribution in [2.24, 2.45) is 10.7 Å². The normalized spacial score (nSPS) is 20.3. The lowest BCUT2D eigenvalue weighted by Gasteiger charge is -2.35. The highest BCUT2D eigenvalue weighted by Crippen LogP contribution is 2.37. The van der Waals surface area contributed by atoms with E-state index in [1.54, 1.807) is 7.11 Å². The lowest BCUT2D eigenvalue weighted by Crippen LogP contribution is -2.52. The highest BCUT2D eigenvalue weighted by Gasteiger charge is 2.45. The zero-order valence-electron chi connectivity index (χ0n) is 8.50. The molecule has 0 unspecified atom stereocenters. The average Bonchev–Trinajstić information content (AvgIpc) is 2.01. The maximum atomic E-state index is 12.4. The van der Waals surface area contributed by atoms with Gasteiger partial charge in [0.05, 0.1) is 13.2 Å². The number of halogens is 3. The Kier molecular flexibility index (Phi) is 6.34. The van der Waals surface area contributed by atoms with Crippen molar-refractivity contribution in [3.8, 4) is 0 Å². The van der Waals surface area contributed by atoms with Crippen molar-refractivity contribution in [3.63, 3.8) is 0 Å². The van der Waals surface area contributed by atoms with Crippen LogP contribution in [-0.2, 0) is 4.74 Å². The molecule has 0 saturated heterocycles. The topological polar surface area (TPSA) is 59.6 Å². The van der Waals surface area contributed by atoms with E-state index in [-0.39, 0.29) is 48.8 Å². The molecule has 0 aliphatic heterocycles. The zero-order valence-corrected chi connectivity index (χ0v) is 10.8. The van der Waals surface area contributed by atoms with Gasteiger partial charge in [-0.15, -0.1) is 24.0 Å². The molecule has 0 spiro atoms. The molecule has 0 aromatic heterocycles. The molecule has 0 amide bonds. The predicted molar refractivity (Wildman–Crippen MR) is 64.9 cm³/mol. The third-order valence-electron chi connectivity index (χ3n) is 2.02. The highest BCUT2D eigenvalue weighted by molar-refractivity contribution is 14.0. The minimum atomic E-state index is -2.52. The molecule has 0 radical (unpaired) electrons. The number of aliphatic imine (C=N–C) groups is 1. The van der Waals surface area contributed by atoms with Gasteiger partial charge in [-0.3, -0.25) is 4.99 Å². The van der Waals surface area contributed by atoms with Crippen molar-refractivity contribution >= 4 is 29.9 Å². The Morgan fingerprint density at radius 2 is 2.20 bits per heavy atom. The molecule has 7 heteroatoms. The second-order valence-electron chi connectivity index (χ2n) is 3.37. The minimum absolute atomic E-state index is 0. The van der Waals surface area contributed by atoms with Crippen LogP contribution in [0.2, 0.25) is 0 Å². The number of nitrogens with one attached hydrogen (secondary N) is 1. The van der Waals surface area contributed by atoms with E-state index < -0.39 is 5.92 Å². The lowest BCUT2D eigenvalue weighted by molar-refractivity contribution is -0.0886. The summed E-state index contributed by atoms with van der Waals surface area (Å²) in [7, 11) is 1.56. The molecule has 1 fully saturated rings. The maximum absolute atomic E-state index is 12.4. The van der Waals surface area contributed by atoms with E-state index in [9.17, 15) is 8.78 Å². The fourth-order valence-electron chi connectivity index (χ4n) is 1.28. The molecule has 90 valence electrons. The molecule has 0 heterocycles. The van der Waals surface area contributed by atoms with Crippen LogP contribution in [0.25, 0.3) is 0 Å². The van der Waals surface area contributed by atoms with Crippen molar-refractivity contribution in [1.82, 2.24) is 5.32 Å². The van der Waals surface area contributed by atoms with E-state index in [1.165, 1.54) is 0 Å². The molecular weight excluding hydrogens is 319 g/mol. The quantitative estimate of drug-likeness (QED) is 0.348. The second-order valence-corrected chi connectivity index (χ2v) is 3.37. The summed E-state index contributed by atoms with van der Waals surface area (Å²) in [6, 6.07) is -0.240. The molecule has 15 heavy (non-hydrogen) atoms. The number of rotatable bonds is 4. The molecular formula is C8H16F2IN3O. The van der Waals surface area contributed by atoms with Crippen molar-refractivity contribution < 1.29 is 13.5 Å². The third kappa shape index (κ3) is 5.45. The Morgan fingerprint density at radius 3 is 2.67 bits per heavy atom. The van der Waals surface area contributed by atoms with Gasteiger partial charge in [0.1, 0.15) is 0 Å². The van der Waals surface area contributed by atoms with Crippen LogP contribution >= 0.6 is 24.0 Å². The summed E-state index contributed by atoms with van der Waals surface area (Å²) < 4.78 is 29.6. The molecule has 0 atom stereocenters. The SMILES string of the molecule is COCCN=C(N)NC1CC(F)(F)C1.I. The Balaban J connectivity index is 0.00000196. The van der Waals surface area contributed by atoms with Crippen LogP contribution in [-0.4, -0.2) is 38.2 Å². The largest absolute Gasteiger partial charge is 0.383 e. The zero-order chi connectivity index (χ0) is 10.6. The number of alkyl halides is 2. The summed E-state index contributed by atoms with van der Waals surface area (Å²) in [6.45, 7) is 0.918. The molecule has 0 bridgehead atoms. The van der Waals surface area contributed by atoms with E-state index >= 15 is 0 Å². The van der Waals surface area contributed by atoms with E-state index in [2.05, 4.69) is 10.3 Å². The summed E-state index contributed by atoms with van der Waals surface area (Å²) in [6.07, 6.45) is -0.318.